The molecule has 0 spiro atoms. The van der Waals surface area contributed by atoms with Crippen molar-refractivity contribution >= 4 is 22.5 Å². The third-order valence-corrected chi connectivity index (χ3v) is 6.10. The summed E-state index contributed by atoms with van der Waals surface area (Å²) in [5.41, 5.74) is 4.18. The number of nitrogens with zero attached hydrogens (tertiary/aromatic N) is 6. The maximum Gasteiger partial charge on any atom is 0.229 e. The van der Waals surface area contributed by atoms with E-state index in [1.165, 1.54) is 5.56 Å². The van der Waals surface area contributed by atoms with Gasteiger partial charge in [-0.3, -0.25) is 4.90 Å². The lowest BCUT2D eigenvalue weighted by Crippen LogP contribution is -2.46. The highest BCUT2D eigenvalue weighted by atomic mass is 15.4. The van der Waals surface area contributed by atoms with Crippen molar-refractivity contribution in [3.05, 3.63) is 90.5 Å². The first-order chi connectivity index (χ1) is 15.8. The summed E-state index contributed by atoms with van der Waals surface area (Å²) in [5, 5.41) is 5.90. The van der Waals surface area contributed by atoms with Gasteiger partial charge in [0.05, 0.1) is 5.52 Å². The smallest absolute Gasteiger partial charge is 0.229 e. The minimum absolute atomic E-state index is 0.729. The highest BCUT2D eigenvalue weighted by molar-refractivity contribution is 5.92. The van der Waals surface area contributed by atoms with E-state index in [0.717, 1.165) is 66.6 Å². The molecular formula is C26H24N6. The molecule has 6 nitrogen and oxygen atoms in total. The van der Waals surface area contributed by atoms with Crippen LogP contribution in [0.2, 0.25) is 0 Å². The normalized spacial score (nSPS) is 14.9. The van der Waals surface area contributed by atoms with Gasteiger partial charge in [0, 0.05) is 43.7 Å². The Hall–Kier alpha value is -3.77. The number of hydrogen-bond donors (Lipinski definition) is 0. The number of fused-ring (bicyclic) bond motifs is 3. The molecule has 1 fully saturated rings. The third-order valence-electron chi connectivity index (χ3n) is 6.10. The zero-order chi connectivity index (χ0) is 21.3. The average molecular weight is 421 g/mol. The Balaban J connectivity index is 1.35. The van der Waals surface area contributed by atoms with Crippen LogP contribution in [0.1, 0.15) is 5.56 Å². The minimum Gasteiger partial charge on any atom is -0.338 e. The fourth-order valence-corrected chi connectivity index (χ4v) is 4.40. The van der Waals surface area contributed by atoms with E-state index >= 15 is 0 Å². The van der Waals surface area contributed by atoms with Gasteiger partial charge in [-0.25, -0.2) is 9.97 Å². The molecular weight excluding hydrogens is 396 g/mol. The maximum absolute atomic E-state index is 5.01. The van der Waals surface area contributed by atoms with Crippen molar-refractivity contribution in [3.8, 4) is 11.4 Å². The first kappa shape index (κ1) is 19.0. The summed E-state index contributed by atoms with van der Waals surface area (Å²) in [6, 6.07) is 29.0. The van der Waals surface area contributed by atoms with Crippen LogP contribution >= 0.6 is 0 Å². The summed E-state index contributed by atoms with van der Waals surface area (Å²) < 4.78 is 1.93. The molecule has 1 aliphatic rings. The molecule has 0 N–H and O–H groups in total. The molecule has 0 atom stereocenters. The van der Waals surface area contributed by atoms with Gasteiger partial charge in [0.2, 0.25) is 5.95 Å². The van der Waals surface area contributed by atoms with Crippen molar-refractivity contribution in [1.82, 2.24) is 24.5 Å². The summed E-state index contributed by atoms with van der Waals surface area (Å²) in [6.45, 7) is 4.79. The Morgan fingerprint density at radius 1 is 0.688 bits per heavy atom. The van der Waals surface area contributed by atoms with Crippen LogP contribution in [-0.2, 0) is 6.54 Å². The SMILES string of the molecule is c1ccc(CN2CCN(c3nc4ccccc4c4nc(-c5ccccc5)nn34)CC2)cc1. The maximum atomic E-state index is 5.01. The Bertz CT molecular complexity index is 1360. The molecule has 32 heavy (non-hydrogen) atoms. The molecule has 1 aliphatic heterocycles. The lowest BCUT2D eigenvalue weighted by Gasteiger charge is -2.35. The van der Waals surface area contributed by atoms with E-state index in [2.05, 4.69) is 52.3 Å². The van der Waals surface area contributed by atoms with E-state index in [1.807, 2.05) is 47.0 Å². The van der Waals surface area contributed by atoms with Crippen molar-refractivity contribution in [2.24, 2.45) is 0 Å². The van der Waals surface area contributed by atoms with Gasteiger partial charge < -0.3 is 4.90 Å². The summed E-state index contributed by atoms with van der Waals surface area (Å²) in [6.07, 6.45) is 0. The van der Waals surface area contributed by atoms with E-state index < -0.39 is 0 Å². The van der Waals surface area contributed by atoms with Crippen LogP contribution in [0.25, 0.3) is 27.9 Å². The number of benzene rings is 3. The monoisotopic (exact) mass is 420 g/mol. The van der Waals surface area contributed by atoms with Crippen LogP contribution in [0.4, 0.5) is 5.95 Å². The van der Waals surface area contributed by atoms with Gasteiger partial charge in [-0.1, -0.05) is 72.8 Å². The Morgan fingerprint density at radius 3 is 2.16 bits per heavy atom. The highest BCUT2D eigenvalue weighted by Crippen LogP contribution is 2.26. The second-order valence-electron chi connectivity index (χ2n) is 8.21. The van der Waals surface area contributed by atoms with Crippen molar-refractivity contribution in [2.75, 3.05) is 31.1 Å². The largest absolute Gasteiger partial charge is 0.338 e. The molecule has 0 amide bonds. The van der Waals surface area contributed by atoms with Gasteiger partial charge in [0.25, 0.3) is 0 Å². The molecule has 0 unspecified atom stereocenters. The second-order valence-corrected chi connectivity index (χ2v) is 8.21. The standard InChI is InChI=1S/C26H24N6/c1-3-9-20(10-4-1)19-30-15-17-31(18-16-30)26-27-23-14-8-7-13-22(23)25-28-24(29-32(25)26)21-11-5-2-6-12-21/h1-14H,15-19H2. The molecule has 6 rings (SSSR count). The predicted molar refractivity (Wildman–Crippen MR) is 128 cm³/mol. The summed E-state index contributed by atoms with van der Waals surface area (Å²) >= 11 is 0. The van der Waals surface area contributed by atoms with Crippen molar-refractivity contribution < 1.29 is 0 Å². The Morgan fingerprint density at radius 2 is 1.38 bits per heavy atom. The van der Waals surface area contributed by atoms with Crippen LogP contribution in [-0.4, -0.2) is 50.7 Å². The summed E-state index contributed by atoms with van der Waals surface area (Å²) in [4.78, 5) is 14.8. The van der Waals surface area contributed by atoms with Gasteiger partial charge in [0.15, 0.2) is 11.5 Å². The molecule has 0 radical (unpaired) electrons. The van der Waals surface area contributed by atoms with E-state index in [0.29, 0.717) is 0 Å². The lowest BCUT2D eigenvalue weighted by atomic mass is 10.2. The number of rotatable bonds is 4. The van der Waals surface area contributed by atoms with Crippen LogP contribution < -0.4 is 4.90 Å². The third kappa shape index (κ3) is 3.48. The first-order valence-corrected chi connectivity index (χ1v) is 11.1. The second kappa shape index (κ2) is 8.05. The molecule has 0 bridgehead atoms. The zero-order valence-electron chi connectivity index (χ0n) is 17.8. The van der Waals surface area contributed by atoms with Gasteiger partial charge in [-0.2, -0.15) is 4.52 Å². The Kier molecular flexibility index (Phi) is 4.77. The molecule has 0 saturated carbocycles. The quantitative estimate of drug-likeness (QED) is 0.435. The number of anilines is 1. The Labute approximate surface area is 186 Å². The summed E-state index contributed by atoms with van der Waals surface area (Å²) in [5.74, 6) is 1.60. The topological polar surface area (TPSA) is 49.6 Å². The molecule has 158 valence electrons. The minimum atomic E-state index is 0.729. The average Bonchev–Trinajstić information content (AvgIpc) is 3.31. The molecule has 2 aromatic heterocycles. The van der Waals surface area contributed by atoms with Crippen LogP contribution in [0.5, 0.6) is 0 Å². The van der Waals surface area contributed by atoms with E-state index in [-0.39, 0.29) is 0 Å². The predicted octanol–water partition coefficient (Wildman–Crippen LogP) is 4.27. The van der Waals surface area contributed by atoms with Crippen molar-refractivity contribution in [3.63, 3.8) is 0 Å². The molecule has 5 aromatic rings. The fraction of sp³-hybridized carbons (Fsp3) is 0.192. The molecule has 6 heteroatoms. The summed E-state index contributed by atoms with van der Waals surface area (Å²) in [7, 11) is 0. The lowest BCUT2D eigenvalue weighted by molar-refractivity contribution is 0.248. The number of piperazine rings is 1. The van der Waals surface area contributed by atoms with Gasteiger partial charge in [-0.15, -0.1) is 5.10 Å². The highest BCUT2D eigenvalue weighted by Gasteiger charge is 2.23. The molecule has 3 aromatic carbocycles. The number of para-hydroxylation sites is 1. The van der Waals surface area contributed by atoms with Crippen LogP contribution in [0.15, 0.2) is 84.9 Å². The first-order valence-electron chi connectivity index (χ1n) is 11.1. The van der Waals surface area contributed by atoms with Crippen LogP contribution in [0, 0.1) is 0 Å². The zero-order valence-corrected chi connectivity index (χ0v) is 17.8. The van der Waals surface area contributed by atoms with E-state index in [9.17, 15) is 0 Å². The van der Waals surface area contributed by atoms with Crippen molar-refractivity contribution in [2.45, 2.75) is 6.54 Å². The number of aromatic nitrogens is 4. The van der Waals surface area contributed by atoms with Gasteiger partial charge in [-0.05, 0) is 17.7 Å². The van der Waals surface area contributed by atoms with Crippen LogP contribution in [0.3, 0.4) is 0 Å². The van der Waals surface area contributed by atoms with E-state index in [1.54, 1.807) is 0 Å². The van der Waals surface area contributed by atoms with Gasteiger partial charge >= 0.3 is 0 Å². The fourth-order valence-electron chi connectivity index (χ4n) is 4.40. The molecule has 0 aliphatic carbocycles. The van der Waals surface area contributed by atoms with Gasteiger partial charge in [0.1, 0.15) is 0 Å². The molecule has 3 heterocycles. The van der Waals surface area contributed by atoms with E-state index in [4.69, 9.17) is 15.1 Å². The molecule has 1 saturated heterocycles. The van der Waals surface area contributed by atoms with Crippen molar-refractivity contribution in [1.29, 1.82) is 0 Å². The number of hydrogen-bond acceptors (Lipinski definition) is 5.